The van der Waals surface area contributed by atoms with Gasteiger partial charge in [-0.15, -0.1) is 11.3 Å². The van der Waals surface area contributed by atoms with E-state index in [0.717, 1.165) is 4.88 Å². The van der Waals surface area contributed by atoms with Gasteiger partial charge in [-0.3, -0.25) is 0 Å². The van der Waals surface area contributed by atoms with Crippen molar-refractivity contribution in [2.45, 2.75) is 6.92 Å². The van der Waals surface area contributed by atoms with Crippen molar-refractivity contribution in [3.05, 3.63) is 28.0 Å². The van der Waals surface area contributed by atoms with Crippen molar-refractivity contribution >= 4 is 23.2 Å². The highest BCUT2D eigenvalue weighted by atomic mass is 32.1. The number of hydrogen-bond donors (Lipinski definition) is 2. The Morgan fingerprint density at radius 2 is 2.36 bits per heavy atom. The Balaban J connectivity index is 2.93. The van der Waals surface area contributed by atoms with Crippen molar-refractivity contribution in [2.24, 2.45) is 5.73 Å². The zero-order valence-corrected chi connectivity index (χ0v) is 7.11. The second-order valence-electron chi connectivity index (χ2n) is 2.20. The van der Waals surface area contributed by atoms with Crippen LogP contribution in [0, 0.1) is 12.3 Å². The van der Waals surface area contributed by atoms with Gasteiger partial charge in [-0.1, -0.05) is 0 Å². The van der Waals surface area contributed by atoms with Crippen LogP contribution in [-0.2, 0) is 0 Å². The Morgan fingerprint density at radius 1 is 1.64 bits per heavy atom. The molecule has 0 spiro atoms. The lowest BCUT2D eigenvalue weighted by molar-refractivity contribution is 1.56. The van der Waals surface area contributed by atoms with E-state index >= 15 is 0 Å². The normalized spacial score (nSPS) is 11.5. The van der Waals surface area contributed by atoms with Gasteiger partial charge in [0.1, 0.15) is 0 Å². The lowest BCUT2D eigenvalue weighted by Crippen LogP contribution is -1.92. The van der Waals surface area contributed by atoms with E-state index in [0.29, 0.717) is 5.70 Å². The van der Waals surface area contributed by atoms with Crippen LogP contribution >= 0.6 is 11.3 Å². The van der Waals surface area contributed by atoms with Crippen molar-refractivity contribution < 1.29 is 0 Å². The molecule has 0 unspecified atom stereocenters. The van der Waals surface area contributed by atoms with E-state index in [-0.39, 0.29) is 0 Å². The van der Waals surface area contributed by atoms with Gasteiger partial charge in [0, 0.05) is 11.1 Å². The average Bonchev–Trinajstić information content (AvgIpc) is 2.36. The lowest BCUT2D eigenvalue weighted by atomic mass is 10.3. The van der Waals surface area contributed by atoms with E-state index in [1.807, 2.05) is 19.1 Å². The Morgan fingerprint density at radius 3 is 2.82 bits per heavy atom. The van der Waals surface area contributed by atoms with Crippen LogP contribution in [0.2, 0.25) is 0 Å². The second-order valence-corrected chi connectivity index (χ2v) is 3.49. The molecular formula is C8H10N2S. The number of nitrogens with two attached hydrogens (primary N) is 1. The van der Waals surface area contributed by atoms with Crippen LogP contribution in [0.1, 0.15) is 9.75 Å². The van der Waals surface area contributed by atoms with Gasteiger partial charge in [0.25, 0.3) is 0 Å². The first-order chi connectivity index (χ1) is 5.24. The van der Waals surface area contributed by atoms with Gasteiger partial charge in [0.2, 0.25) is 0 Å². The molecule has 0 amide bonds. The van der Waals surface area contributed by atoms with Crippen molar-refractivity contribution in [3.8, 4) is 0 Å². The predicted octanol–water partition coefficient (Wildman–Crippen LogP) is 2.01. The molecule has 0 saturated carbocycles. The van der Waals surface area contributed by atoms with Gasteiger partial charge < -0.3 is 11.1 Å². The summed E-state index contributed by atoms with van der Waals surface area (Å²) in [7, 11) is 0. The zero-order valence-electron chi connectivity index (χ0n) is 6.29. The summed E-state index contributed by atoms with van der Waals surface area (Å²) >= 11 is 1.64. The summed E-state index contributed by atoms with van der Waals surface area (Å²) < 4.78 is 0. The Hall–Kier alpha value is -1.09. The molecule has 58 valence electrons. The molecule has 1 aromatic rings. The van der Waals surface area contributed by atoms with Crippen molar-refractivity contribution in [3.63, 3.8) is 0 Å². The molecule has 0 aliphatic heterocycles. The Labute approximate surface area is 69.9 Å². The predicted molar refractivity (Wildman–Crippen MR) is 50.0 cm³/mol. The van der Waals surface area contributed by atoms with Crippen LogP contribution in [0.15, 0.2) is 18.2 Å². The topological polar surface area (TPSA) is 49.9 Å². The van der Waals surface area contributed by atoms with E-state index in [1.165, 1.54) is 11.1 Å². The van der Waals surface area contributed by atoms with E-state index in [9.17, 15) is 0 Å². The van der Waals surface area contributed by atoms with Gasteiger partial charge in [0.05, 0.1) is 10.6 Å². The maximum absolute atomic E-state index is 6.81. The molecule has 3 heteroatoms. The third-order valence-electron chi connectivity index (χ3n) is 1.29. The van der Waals surface area contributed by atoms with E-state index in [4.69, 9.17) is 11.1 Å². The highest BCUT2D eigenvalue weighted by Crippen LogP contribution is 2.19. The van der Waals surface area contributed by atoms with Crippen LogP contribution in [0.3, 0.4) is 0 Å². The first-order valence-corrected chi connectivity index (χ1v) is 4.08. The summed E-state index contributed by atoms with van der Waals surface area (Å²) in [5.74, 6) is 0. The summed E-state index contributed by atoms with van der Waals surface area (Å²) in [6.07, 6.45) is 2.79. The fourth-order valence-corrected chi connectivity index (χ4v) is 1.57. The SMILES string of the molecule is Cc1ccc(/C(N)=C/C=N)s1. The number of rotatable bonds is 2. The largest absolute Gasteiger partial charge is 0.398 e. The minimum absolute atomic E-state index is 0.665. The molecule has 1 heterocycles. The third-order valence-corrected chi connectivity index (χ3v) is 2.34. The molecule has 1 aromatic heterocycles. The summed E-state index contributed by atoms with van der Waals surface area (Å²) in [5.41, 5.74) is 6.30. The van der Waals surface area contributed by atoms with Gasteiger partial charge in [-0.25, -0.2) is 0 Å². The molecule has 0 saturated heterocycles. The summed E-state index contributed by atoms with van der Waals surface area (Å²) in [5, 5.41) is 6.81. The van der Waals surface area contributed by atoms with E-state index in [1.54, 1.807) is 17.4 Å². The molecule has 0 aliphatic rings. The molecule has 2 nitrogen and oxygen atoms in total. The highest BCUT2D eigenvalue weighted by molar-refractivity contribution is 7.13. The zero-order chi connectivity index (χ0) is 8.27. The lowest BCUT2D eigenvalue weighted by Gasteiger charge is -1.91. The first kappa shape index (κ1) is 8.01. The molecular weight excluding hydrogens is 156 g/mol. The average molecular weight is 166 g/mol. The Kier molecular flexibility index (Phi) is 2.44. The molecule has 0 aliphatic carbocycles. The van der Waals surface area contributed by atoms with Crippen molar-refractivity contribution in [1.82, 2.24) is 0 Å². The quantitative estimate of drug-likeness (QED) is 0.649. The summed E-state index contributed by atoms with van der Waals surface area (Å²) in [6, 6.07) is 3.99. The van der Waals surface area contributed by atoms with E-state index < -0.39 is 0 Å². The monoisotopic (exact) mass is 166 g/mol. The van der Waals surface area contributed by atoms with Crippen LogP contribution in [0.4, 0.5) is 0 Å². The first-order valence-electron chi connectivity index (χ1n) is 3.27. The summed E-state index contributed by atoms with van der Waals surface area (Å²) in [6.45, 7) is 2.03. The smallest absolute Gasteiger partial charge is 0.0504 e. The van der Waals surface area contributed by atoms with Crippen LogP contribution < -0.4 is 5.73 Å². The van der Waals surface area contributed by atoms with Gasteiger partial charge in [0.15, 0.2) is 0 Å². The Bertz CT molecular complexity index is 286. The number of thiophene rings is 1. The number of hydrogen-bond acceptors (Lipinski definition) is 3. The van der Waals surface area contributed by atoms with Crippen molar-refractivity contribution in [2.75, 3.05) is 0 Å². The van der Waals surface area contributed by atoms with Crippen LogP contribution in [0.25, 0.3) is 5.70 Å². The molecule has 0 fully saturated rings. The number of aryl methyl sites for hydroxylation is 1. The number of nitrogens with one attached hydrogen (secondary N) is 1. The minimum Gasteiger partial charge on any atom is -0.398 e. The fraction of sp³-hybridized carbons (Fsp3) is 0.125. The maximum Gasteiger partial charge on any atom is 0.0504 e. The molecule has 0 atom stereocenters. The minimum atomic E-state index is 0.665. The molecule has 0 aromatic carbocycles. The van der Waals surface area contributed by atoms with Crippen LogP contribution in [-0.4, -0.2) is 6.21 Å². The summed E-state index contributed by atoms with van der Waals surface area (Å²) in [4.78, 5) is 2.27. The number of allylic oxidation sites excluding steroid dienone is 1. The van der Waals surface area contributed by atoms with Gasteiger partial charge >= 0.3 is 0 Å². The second kappa shape index (κ2) is 3.34. The molecule has 0 bridgehead atoms. The molecule has 11 heavy (non-hydrogen) atoms. The highest BCUT2D eigenvalue weighted by Gasteiger charge is 1.97. The fourth-order valence-electron chi connectivity index (χ4n) is 0.762. The molecule has 0 radical (unpaired) electrons. The molecule has 3 N–H and O–H groups in total. The van der Waals surface area contributed by atoms with Crippen molar-refractivity contribution in [1.29, 1.82) is 5.41 Å². The standard InChI is InChI=1S/C8H10N2S/c1-6-2-3-8(11-6)7(10)4-5-9/h2-5,9H,10H2,1H3/b7-4-,9-5?. The maximum atomic E-state index is 6.81. The van der Waals surface area contributed by atoms with Gasteiger partial charge in [-0.05, 0) is 25.1 Å². The van der Waals surface area contributed by atoms with E-state index in [2.05, 4.69) is 0 Å². The molecule has 1 rings (SSSR count). The third kappa shape index (κ3) is 1.91. The van der Waals surface area contributed by atoms with Gasteiger partial charge in [-0.2, -0.15) is 0 Å². The van der Waals surface area contributed by atoms with Crippen LogP contribution in [0.5, 0.6) is 0 Å².